The maximum atomic E-state index is 11.5. The number of amides is 1. The number of nitrogens with zero attached hydrogens (tertiary/aromatic N) is 3. The smallest absolute Gasteiger partial charge is 0.415 e. The van der Waals surface area contributed by atoms with Crippen molar-refractivity contribution >= 4 is 23.4 Å². The van der Waals surface area contributed by atoms with Crippen LogP contribution in [0.25, 0.3) is 0 Å². The Balaban J connectivity index is 1.84. The number of hydrogen-bond donors (Lipinski definition) is 1. The number of carbonyl (C=O) groups is 1. The molecule has 1 aliphatic rings. The summed E-state index contributed by atoms with van der Waals surface area (Å²) in [6.45, 7) is 2.73. The summed E-state index contributed by atoms with van der Waals surface area (Å²) < 4.78 is 9.73. The number of aryl methyl sites for hydroxylation is 1. The Bertz CT molecular complexity index is 611. The molecule has 1 fully saturated rings. The molecule has 19 heavy (non-hydrogen) atoms. The van der Waals surface area contributed by atoms with Gasteiger partial charge < -0.3 is 14.6 Å². The number of pyridine rings is 1. The second-order valence-electron chi connectivity index (χ2n) is 4.09. The van der Waals surface area contributed by atoms with E-state index in [1.807, 2.05) is 13.0 Å². The maximum absolute atomic E-state index is 11.5. The molecule has 0 unspecified atom stereocenters. The maximum Gasteiger partial charge on any atom is 0.415 e. The summed E-state index contributed by atoms with van der Waals surface area (Å²) >= 11 is 0. The highest BCUT2D eigenvalue weighted by atomic mass is 16.6. The molecule has 0 spiro atoms. The number of aromatic nitrogens is 2. The highest BCUT2D eigenvalue weighted by Gasteiger charge is 2.24. The Morgan fingerprint density at radius 3 is 3.00 bits per heavy atom. The van der Waals surface area contributed by atoms with E-state index < -0.39 is 0 Å². The minimum absolute atomic E-state index is 0.370. The van der Waals surface area contributed by atoms with Gasteiger partial charge in [-0.05, 0) is 19.1 Å². The van der Waals surface area contributed by atoms with Crippen LogP contribution < -0.4 is 10.2 Å². The van der Waals surface area contributed by atoms with Gasteiger partial charge in [-0.3, -0.25) is 4.90 Å². The average Bonchev–Trinajstić information content (AvgIpc) is 3.00. The van der Waals surface area contributed by atoms with Crippen LogP contribution in [-0.2, 0) is 4.74 Å². The van der Waals surface area contributed by atoms with Gasteiger partial charge in [0.05, 0.1) is 6.54 Å². The van der Waals surface area contributed by atoms with Gasteiger partial charge >= 0.3 is 6.09 Å². The second-order valence-corrected chi connectivity index (χ2v) is 4.09. The molecule has 1 N–H and O–H groups in total. The van der Waals surface area contributed by atoms with Crippen molar-refractivity contribution in [1.29, 1.82) is 0 Å². The van der Waals surface area contributed by atoms with Crippen LogP contribution >= 0.6 is 0 Å². The van der Waals surface area contributed by atoms with Gasteiger partial charge in [-0.15, -0.1) is 0 Å². The van der Waals surface area contributed by atoms with Gasteiger partial charge in [0, 0.05) is 0 Å². The zero-order valence-electron chi connectivity index (χ0n) is 10.3. The highest BCUT2D eigenvalue weighted by Crippen LogP contribution is 2.22. The predicted molar refractivity (Wildman–Crippen MR) is 67.5 cm³/mol. The third-order valence-corrected chi connectivity index (χ3v) is 2.78. The molecule has 1 aliphatic heterocycles. The van der Waals surface area contributed by atoms with Crippen LogP contribution in [0.5, 0.6) is 0 Å². The first kappa shape index (κ1) is 11.5. The van der Waals surface area contributed by atoms with Crippen LogP contribution in [0.1, 0.15) is 5.69 Å². The topological polar surface area (TPSA) is 80.5 Å². The molecule has 7 heteroatoms. The summed E-state index contributed by atoms with van der Waals surface area (Å²) in [5.74, 6) is 1.17. The predicted octanol–water partition coefficient (Wildman–Crippen LogP) is 2.08. The summed E-state index contributed by atoms with van der Waals surface area (Å²) in [7, 11) is 0. The zero-order valence-corrected chi connectivity index (χ0v) is 10.3. The monoisotopic (exact) mass is 260 g/mol. The van der Waals surface area contributed by atoms with Crippen molar-refractivity contribution in [1.82, 2.24) is 10.1 Å². The van der Waals surface area contributed by atoms with E-state index >= 15 is 0 Å². The molecule has 1 saturated heterocycles. The van der Waals surface area contributed by atoms with Crippen molar-refractivity contribution < 1.29 is 14.1 Å². The summed E-state index contributed by atoms with van der Waals surface area (Å²) in [5.41, 5.74) is 1.49. The number of nitrogens with one attached hydrogen (secondary N) is 1. The fourth-order valence-electron chi connectivity index (χ4n) is 1.80. The third-order valence-electron chi connectivity index (χ3n) is 2.78. The highest BCUT2D eigenvalue weighted by molar-refractivity contribution is 5.88. The van der Waals surface area contributed by atoms with Gasteiger partial charge in [-0.25, -0.2) is 9.78 Å². The molecule has 3 heterocycles. The standard InChI is InChI=1S/C12H12N4O3/c1-8-9(7-19-15-8)13-10-3-2-4-11(14-10)16-5-6-18-12(16)17/h2-4,7H,5-6H2,1H3,(H,13,14). The first-order valence-corrected chi connectivity index (χ1v) is 5.83. The first-order valence-electron chi connectivity index (χ1n) is 5.83. The van der Waals surface area contributed by atoms with Crippen LogP contribution in [0.15, 0.2) is 29.0 Å². The molecule has 0 atom stereocenters. The lowest BCUT2D eigenvalue weighted by Crippen LogP contribution is -2.24. The number of carbonyl (C=O) groups excluding carboxylic acids is 1. The molecule has 0 saturated carbocycles. The summed E-state index contributed by atoms with van der Waals surface area (Å²) in [6.07, 6.45) is 1.14. The van der Waals surface area contributed by atoms with Crippen molar-refractivity contribution in [2.75, 3.05) is 23.4 Å². The minimum atomic E-state index is -0.370. The fourth-order valence-corrected chi connectivity index (χ4v) is 1.80. The molecular formula is C12H12N4O3. The van der Waals surface area contributed by atoms with E-state index in [4.69, 9.17) is 9.26 Å². The lowest BCUT2D eigenvalue weighted by molar-refractivity contribution is 0.181. The Hall–Kier alpha value is -2.57. The van der Waals surface area contributed by atoms with Crippen LogP contribution in [0, 0.1) is 6.92 Å². The minimum Gasteiger partial charge on any atom is -0.447 e. The summed E-state index contributed by atoms with van der Waals surface area (Å²) in [6, 6.07) is 5.38. The van der Waals surface area contributed by atoms with Gasteiger partial charge in [0.25, 0.3) is 0 Å². The van der Waals surface area contributed by atoms with Crippen molar-refractivity contribution in [3.8, 4) is 0 Å². The van der Waals surface area contributed by atoms with Crippen LogP contribution in [0.4, 0.5) is 22.1 Å². The average molecular weight is 260 g/mol. The number of anilines is 3. The molecule has 1 amide bonds. The number of rotatable bonds is 3. The van der Waals surface area contributed by atoms with Gasteiger partial charge in [-0.2, -0.15) is 0 Å². The van der Waals surface area contributed by atoms with E-state index in [2.05, 4.69) is 15.5 Å². The molecular weight excluding hydrogens is 248 g/mol. The van der Waals surface area contributed by atoms with E-state index in [0.29, 0.717) is 24.8 Å². The molecule has 0 radical (unpaired) electrons. The molecule has 0 aliphatic carbocycles. The van der Waals surface area contributed by atoms with Crippen molar-refractivity contribution in [2.45, 2.75) is 6.92 Å². The van der Waals surface area contributed by atoms with Crippen LogP contribution in [0.3, 0.4) is 0 Å². The van der Waals surface area contributed by atoms with Gasteiger partial charge in [0.2, 0.25) is 0 Å². The van der Waals surface area contributed by atoms with E-state index in [1.165, 1.54) is 11.2 Å². The Labute approximate surface area is 109 Å². The molecule has 2 aromatic heterocycles. The van der Waals surface area contributed by atoms with Crippen LogP contribution in [-0.4, -0.2) is 29.4 Å². The van der Waals surface area contributed by atoms with E-state index in [9.17, 15) is 4.79 Å². The number of cyclic esters (lactones) is 1. The van der Waals surface area contributed by atoms with E-state index in [-0.39, 0.29) is 6.09 Å². The summed E-state index contributed by atoms with van der Waals surface area (Å²) in [5, 5.41) is 6.86. The van der Waals surface area contributed by atoms with E-state index in [1.54, 1.807) is 12.1 Å². The summed E-state index contributed by atoms with van der Waals surface area (Å²) in [4.78, 5) is 17.3. The van der Waals surface area contributed by atoms with Gasteiger partial charge in [-0.1, -0.05) is 11.2 Å². The molecule has 3 rings (SSSR count). The lowest BCUT2D eigenvalue weighted by atomic mass is 10.3. The zero-order chi connectivity index (χ0) is 13.2. The van der Waals surface area contributed by atoms with E-state index in [0.717, 1.165) is 11.4 Å². The Kier molecular flexibility index (Phi) is 2.79. The molecule has 98 valence electrons. The normalized spacial score (nSPS) is 14.6. The first-order chi connectivity index (χ1) is 9.24. The largest absolute Gasteiger partial charge is 0.447 e. The molecule has 0 bridgehead atoms. The SMILES string of the molecule is Cc1nocc1Nc1cccc(N2CCOC2=O)n1. The molecule has 0 aromatic carbocycles. The van der Waals surface area contributed by atoms with Gasteiger partial charge in [0.15, 0.2) is 0 Å². The quantitative estimate of drug-likeness (QED) is 0.910. The third kappa shape index (κ3) is 2.22. The fraction of sp³-hybridized carbons (Fsp3) is 0.250. The lowest BCUT2D eigenvalue weighted by Gasteiger charge is -2.12. The molecule has 7 nitrogen and oxygen atoms in total. The van der Waals surface area contributed by atoms with Crippen molar-refractivity contribution in [2.24, 2.45) is 0 Å². The Morgan fingerprint density at radius 1 is 1.42 bits per heavy atom. The van der Waals surface area contributed by atoms with Gasteiger partial charge in [0.1, 0.15) is 35.9 Å². The molecule has 2 aromatic rings. The van der Waals surface area contributed by atoms with Crippen LogP contribution in [0.2, 0.25) is 0 Å². The van der Waals surface area contributed by atoms with Crippen molar-refractivity contribution in [3.05, 3.63) is 30.2 Å². The number of ether oxygens (including phenoxy) is 1. The number of hydrogen-bond acceptors (Lipinski definition) is 6. The van der Waals surface area contributed by atoms with Crippen molar-refractivity contribution in [3.63, 3.8) is 0 Å². The Morgan fingerprint density at radius 2 is 2.32 bits per heavy atom. The second kappa shape index (κ2) is 4.60.